The van der Waals surface area contributed by atoms with Crippen LogP contribution in [0.5, 0.6) is 0 Å². The van der Waals surface area contributed by atoms with E-state index in [1.807, 2.05) is 54.7 Å². The second-order valence-corrected chi connectivity index (χ2v) is 17.3. The van der Waals surface area contributed by atoms with Gasteiger partial charge in [0.1, 0.15) is 6.10 Å². The van der Waals surface area contributed by atoms with E-state index in [9.17, 15) is 19.8 Å². The highest BCUT2D eigenvalue weighted by molar-refractivity contribution is 5.77. The zero-order valence-electron chi connectivity index (χ0n) is 40.0. The average Bonchev–Trinajstić information content (AvgIpc) is 3.25. The lowest BCUT2D eigenvalue weighted by Gasteiger charge is -2.24. The minimum atomic E-state index is -0.809. The van der Waals surface area contributed by atoms with Crippen molar-refractivity contribution in [3.63, 3.8) is 0 Å². The van der Waals surface area contributed by atoms with Gasteiger partial charge in [-0.15, -0.1) is 0 Å². The van der Waals surface area contributed by atoms with Gasteiger partial charge >= 0.3 is 5.97 Å². The van der Waals surface area contributed by atoms with E-state index in [1.165, 1.54) is 135 Å². The van der Waals surface area contributed by atoms with Crippen molar-refractivity contribution in [2.24, 2.45) is 0 Å². The van der Waals surface area contributed by atoms with Gasteiger partial charge in [-0.05, 0) is 57.8 Å². The van der Waals surface area contributed by atoms with Gasteiger partial charge in [-0.25, -0.2) is 0 Å². The third-order valence-electron chi connectivity index (χ3n) is 11.4. The molecule has 0 radical (unpaired) electrons. The minimum Gasteiger partial charge on any atom is -0.462 e. The monoisotopic (exact) mass is 852 g/mol. The molecular weight excluding hydrogens is 755 g/mol. The van der Waals surface area contributed by atoms with Crippen LogP contribution >= 0.6 is 0 Å². The maximum Gasteiger partial charge on any atom is 0.306 e. The van der Waals surface area contributed by atoms with Gasteiger partial charge in [-0.3, -0.25) is 9.59 Å². The van der Waals surface area contributed by atoms with Crippen molar-refractivity contribution < 1.29 is 24.5 Å². The molecule has 61 heavy (non-hydrogen) atoms. The van der Waals surface area contributed by atoms with Crippen molar-refractivity contribution in [3.8, 4) is 0 Å². The molecule has 352 valence electrons. The zero-order chi connectivity index (χ0) is 44.5. The summed E-state index contributed by atoms with van der Waals surface area (Å²) in [6, 6.07) is -0.727. The third-order valence-corrected chi connectivity index (χ3v) is 11.4. The number of carbonyl (C=O) groups is 2. The quantitative estimate of drug-likeness (QED) is 0.0245. The summed E-state index contributed by atoms with van der Waals surface area (Å²) >= 11 is 0. The topological polar surface area (TPSA) is 95.9 Å². The van der Waals surface area contributed by atoms with Crippen LogP contribution in [0.15, 0.2) is 72.9 Å². The maximum atomic E-state index is 13.2. The van der Waals surface area contributed by atoms with Gasteiger partial charge in [0, 0.05) is 6.42 Å². The summed E-state index contributed by atoms with van der Waals surface area (Å²) < 4.78 is 5.86. The molecule has 0 heterocycles. The van der Waals surface area contributed by atoms with Crippen molar-refractivity contribution >= 4 is 11.9 Å². The molecule has 3 atom stereocenters. The predicted octanol–water partition coefficient (Wildman–Crippen LogP) is 15.4. The molecule has 0 aromatic carbocycles. The molecule has 0 aromatic heterocycles. The van der Waals surface area contributed by atoms with Gasteiger partial charge in [0.25, 0.3) is 0 Å². The molecule has 0 spiro atoms. The fourth-order valence-corrected chi connectivity index (χ4v) is 7.52. The number of aliphatic hydroxyl groups is 2. The van der Waals surface area contributed by atoms with Crippen LogP contribution in [0.1, 0.15) is 239 Å². The van der Waals surface area contributed by atoms with E-state index < -0.39 is 18.2 Å². The van der Waals surface area contributed by atoms with Crippen molar-refractivity contribution in [1.82, 2.24) is 5.32 Å². The third kappa shape index (κ3) is 43.7. The van der Waals surface area contributed by atoms with Crippen molar-refractivity contribution in [2.45, 2.75) is 257 Å². The summed E-state index contributed by atoms with van der Waals surface area (Å²) in [7, 11) is 0. The maximum absolute atomic E-state index is 13.2. The molecule has 6 nitrogen and oxygen atoms in total. The number of carbonyl (C=O) groups excluding carboxylic acids is 2. The molecular formula is C55H97NO5. The largest absolute Gasteiger partial charge is 0.462 e. The fraction of sp³-hybridized carbons (Fsp3) is 0.745. The molecule has 0 aliphatic rings. The molecule has 0 saturated heterocycles. The number of hydrogen-bond donors (Lipinski definition) is 3. The normalized spacial score (nSPS) is 13.9. The first-order valence-electron chi connectivity index (χ1n) is 25.7. The smallest absolute Gasteiger partial charge is 0.306 e. The number of allylic oxidation sites excluding steroid dienone is 12. The summed E-state index contributed by atoms with van der Waals surface area (Å²) in [6.07, 6.45) is 61.2. The number of nitrogens with one attached hydrogen (secondary N) is 1. The number of aliphatic hydroxyl groups excluding tert-OH is 2. The molecule has 0 aromatic rings. The van der Waals surface area contributed by atoms with E-state index in [4.69, 9.17) is 4.74 Å². The van der Waals surface area contributed by atoms with E-state index in [0.717, 1.165) is 51.4 Å². The van der Waals surface area contributed by atoms with E-state index >= 15 is 0 Å². The highest BCUT2D eigenvalue weighted by atomic mass is 16.5. The van der Waals surface area contributed by atoms with E-state index in [-0.39, 0.29) is 31.3 Å². The van der Waals surface area contributed by atoms with E-state index in [2.05, 4.69) is 44.3 Å². The molecule has 0 rings (SSSR count). The molecule has 0 aliphatic heterocycles. The molecule has 0 fully saturated rings. The van der Waals surface area contributed by atoms with E-state index in [1.54, 1.807) is 0 Å². The second kappa shape index (κ2) is 48.3. The van der Waals surface area contributed by atoms with Crippen LogP contribution < -0.4 is 5.32 Å². The Kier molecular flexibility index (Phi) is 46.2. The van der Waals surface area contributed by atoms with Crippen LogP contribution in [0.3, 0.4) is 0 Å². The molecule has 0 aliphatic carbocycles. The molecule has 1 amide bonds. The average molecular weight is 852 g/mol. The predicted molar refractivity (Wildman–Crippen MR) is 264 cm³/mol. The van der Waals surface area contributed by atoms with Gasteiger partial charge in [-0.1, -0.05) is 241 Å². The first-order valence-corrected chi connectivity index (χ1v) is 25.7. The van der Waals surface area contributed by atoms with Crippen LogP contribution in [0.25, 0.3) is 0 Å². The Bertz CT molecular complexity index is 1140. The number of amides is 1. The molecule has 0 bridgehead atoms. The lowest BCUT2D eigenvalue weighted by Crippen LogP contribution is -2.46. The van der Waals surface area contributed by atoms with Gasteiger partial charge in [-0.2, -0.15) is 0 Å². The summed E-state index contributed by atoms with van der Waals surface area (Å²) in [6.45, 7) is 6.31. The number of esters is 1. The Morgan fingerprint density at radius 1 is 0.492 bits per heavy atom. The van der Waals surface area contributed by atoms with Crippen LogP contribution in [-0.2, 0) is 14.3 Å². The number of ether oxygens (including phenoxy) is 1. The van der Waals surface area contributed by atoms with Gasteiger partial charge in [0.15, 0.2) is 0 Å². The van der Waals surface area contributed by atoms with Crippen molar-refractivity contribution in [2.75, 3.05) is 6.61 Å². The summed E-state index contributed by atoms with van der Waals surface area (Å²) in [5.41, 5.74) is 0. The molecule has 3 N–H and O–H groups in total. The molecule has 3 unspecified atom stereocenters. The lowest BCUT2D eigenvalue weighted by atomic mass is 10.0. The van der Waals surface area contributed by atoms with Gasteiger partial charge in [0.2, 0.25) is 5.91 Å². The highest BCUT2D eigenvalue weighted by Gasteiger charge is 2.24. The SMILES string of the molecule is CC/C=C/C=C/C=C\C=C/C=C/CCCC(=O)OC(CCC/C=C\CCCCCCCCC)CC(=O)NC(CO)C(O)CCCCCCCCCCCCCCCCCCC. The fourth-order valence-electron chi connectivity index (χ4n) is 7.52. The van der Waals surface area contributed by atoms with Crippen LogP contribution in [0.4, 0.5) is 0 Å². The molecule has 0 saturated carbocycles. The summed E-state index contributed by atoms with van der Waals surface area (Å²) in [4.78, 5) is 26.1. The van der Waals surface area contributed by atoms with Crippen LogP contribution in [0, 0.1) is 0 Å². The Hall–Kier alpha value is -2.70. The number of hydrogen-bond acceptors (Lipinski definition) is 5. The van der Waals surface area contributed by atoms with Crippen LogP contribution in [-0.4, -0.2) is 46.9 Å². The minimum absolute atomic E-state index is 0.0259. The van der Waals surface area contributed by atoms with Crippen molar-refractivity contribution in [3.05, 3.63) is 72.9 Å². The van der Waals surface area contributed by atoms with Crippen LogP contribution in [0.2, 0.25) is 0 Å². The lowest BCUT2D eigenvalue weighted by molar-refractivity contribution is -0.151. The Morgan fingerprint density at radius 2 is 0.918 bits per heavy atom. The number of unbranched alkanes of at least 4 members (excludes halogenated alkanes) is 25. The first kappa shape index (κ1) is 58.3. The van der Waals surface area contributed by atoms with Gasteiger partial charge < -0.3 is 20.3 Å². The molecule has 6 heteroatoms. The van der Waals surface area contributed by atoms with Crippen molar-refractivity contribution in [1.29, 1.82) is 0 Å². The Morgan fingerprint density at radius 3 is 1.41 bits per heavy atom. The summed E-state index contributed by atoms with van der Waals surface area (Å²) in [5, 5.41) is 23.8. The Balaban J connectivity index is 4.62. The Labute approximate surface area is 377 Å². The number of rotatable bonds is 45. The highest BCUT2D eigenvalue weighted by Crippen LogP contribution is 2.17. The second-order valence-electron chi connectivity index (χ2n) is 17.3. The standard InChI is InChI=1S/C55H97NO5/c1-4-7-10-13-16-19-22-25-26-27-28-30-32-35-38-41-44-47-53(58)52(50-57)56-54(59)49-51(46-43-40-37-34-31-24-21-18-15-12-9-6-3)61-55(60)48-45-42-39-36-33-29-23-20-17-14-11-8-5-2/h8,11,14,17,20,23,29,33-34,36-37,39,51-53,57-58H,4-7,9-10,12-13,15-16,18-19,21-22,24-28,30-32,35,38,40-50H2,1-3H3,(H,56,59)/b11-8+,17-14+,23-20-,33-29-,37-34-,39-36+. The summed E-state index contributed by atoms with van der Waals surface area (Å²) in [5.74, 6) is -0.593. The van der Waals surface area contributed by atoms with E-state index in [0.29, 0.717) is 19.3 Å². The van der Waals surface area contributed by atoms with Gasteiger partial charge in [0.05, 0.1) is 25.2 Å². The zero-order valence-corrected chi connectivity index (χ0v) is 40.0. The first-order chi connectivity index (χ1) is 30.0.